The zero-order valence-corrected chi connectivity index (χ0v) is 10.6. The predicted molar refractivity (Wildman–Crippen MR) is 65.5 cm³/mol. The van der Waals surface area contributed by atoms with Crippen LogP contribution in [0.2, 0.25) is 0 Å². The lowest BCUT2D eigenvalue weighted by atomic mass is 10.3. The third kappa shape index (κ3) is 4.00. The number of nitrogens with zero attached hydrogens (tertiary/aromatic N) is 1. The van der Waals surface area contributed by atoms with Crippen molar-refractivity contribution in [2.75, 3.05) is 18.6 Å². The molecule has 0 saturated carbocycles. The molecule has 3 nitrogen and oxygen atoms in total. The Morgan fingerprint density at radius 2 is 2.50 bits per heavy atom. The second kappa shape index (κ2) is 5.75. The van der Waals surface area contributed by atoms with E-state index in [1.807, 2.05) is 6.92 Å². The average Bonchev–Trinajstić information content (AvgIpc) is 2.14. The third-order valence-corrected chi connectivity index (χ3v) is 4.46. The van der Waals surface area contributed by atoms with Crippen molar-refractivity contribution >= 4 is 27.7 Å². The molecule has 1 heterocycles. The van der Waals surface area contributed by atoms with E-state index in [0.29, 0.717) is 12.6 Å². The van der Waals surface area contributed by atoms with E-state index in [1.54, 1.807) is 18.0 Å². The fraction of sp³-hybridized carbons (Fsp3) is 0.889. The largest absolute Gasteiger partial charge is 0.362 e. The Morgan fingerprint density at radius 3 is 3.07 bits per heavy atom. The van der Waals surface area contributed by atoms with Gasteiger partial charge in [0.1, 0.15) is 0 Å². The van der Waals surface area contributed by atoms with Crippen LogP contribution in [0.1, 0.15) is 20.3 Å². The Bertz CT molecular complexity index is 243. The van der Waals surface area contributed by atoms with Crippen LogP contribution < -0.4 is 5.32 Å². The van der Waals surface area contributed by atoms with Gasteiger partial charge in [0.2, 0.25) is 0 Å². The molecule has 3 atom stereocenters. The smallest absolute Gasteiger partial charge is 0.156 e. The highest BCUT2D eigenvalue weighted by Gasteiger charge is 2.13. The number of nitrogens with one attached hydrogen (secondary N) is 1. The molecule has 3 unspecified atom stereocenters. The second-order valence-corrected chi connectivity index (χ2v) is 6.52. The van der Waals surface area contributed by atoms with Gasteiger partial charge in [-0.15, -0.1) is 0 Å². The molecule has 0 aromatic carbocycles. The summed E-state index contributed by atoms with van der Waals surface area (Å²) in [5.41, 5.74) is 0. The summed E-state index contributed by atoms with van der Waals surface area (Å²) in [5, 5.41) is 4.49. The van der Waals surface area contributed by atoms with E-state index in [-0.39, 0.29) is 5.25 Å². The van der Waals surface area contributed by atoms with E-state index < -0.39 is 10.8 Å². The molecule has 82 valence electrons. The minimum atomic E-state index is -0.768. The molecule has 1 aliphatic heterocycles. The molecule has 0 aromatic heterocycles. The first-order valence-corrected chi connectivity index (χ1v) is 7.46. The van der Waals surface area contributed by atoms with Gasteiger partial charge in [0, 0.05) is 28.9 Å². The fourth-order valence-corrected chi connectivity index (χ4v) is 2.46. The second-order valence-electron chi connectivity index (χ2n) is 3.64. The lowest BCUT2D eigenvalue weighted by molar-refractivity contribution is 0.641. The highest BCUT2D eigenvalue weighted by molar-refractivity contribution is 8.13. The number of amidine groups is 1. The van der Waals surface area contributed by atoms with Crippen molar-refractivity contribution in [3.63, 3.8) is 0 Å². The summed E-state index contributed by atoms with van der Waals surface area (Å²) in [4.78, 5) is 4.43. The van der Waals surface area contributed by atoms with E-state index >= 15 is 0 Å². The van der Waals surface area contributed by atoms with Gasteiger partial charge in [-0.05, 0) is 20.3 Å². The van der Waals surface area contributed by atoms with Gasteiger partial charge in [-0.2, -0.15) is 0 Å². The summed E-state index contributed by atoms with van der Waals surface area (Å²) in [6.45, 7) is 4.79. The van der Waals surface area contributed by atoms with Gasteiger partial charge in [0.15, 0.2) is 5.17 Å². The zero-order chi connectivity index (χ0) is 10.6. The SMILES string of the molecule is CC1CCSC(=NCC(C)S(C)=O)N1. The highest BCUT2D eigenvalue weighted by atomic mass is 32.2. The number of thioether (sulfide) groups is 1. The molecule has 0 spiro atoms. The number of rotatable bonds is 3. The van der Waals surface area contributed by atoms with Crippen molar-refractivity contribution in [3.8, 4) is 0 Å². The molecular formula is C9H18N2OS2. The monoisotopic (exact) mass is 234 g/mol. The van der Waals surface area contributed by atoms with Crippen LogP contribution in [-0.2, 0) is 10.8 Å². The molecule has 0 aliphatic carbocycles. The first-order chi connectivity index (χ1) is 6.59. The lowest BCUT2D eigenvalue weighted by Gasteiger charge is -2.22. The minimum absolute atomic E-state index is 0.155. The minimum Gasteiger partial charge on any atom is -0.362 e. The van der Waals surface area contributed by atoms with Crippen molar-refractivity contribution in [2.45, 2.75) is 31.6 Å². The normalized spacial score (nSPS) is 29.6. The lowest BCUT2D eigenvalue weighted by Crippen LogP contribution is -2.36. The van der Waals surface area contributed by atoms with Crippen molar-refractivity contribution in [1.82, 2.24) is 5.32 Å². The van der Waals surface area contributed by atoms with Crippen molar-refractivity contribution < 1.29 is 4.21 Å². The van der Waals surface area contributed by atoms with Gasteiger partial charge in [-0.25, -0.2) is 0 Å². The summed E-state index contributed by atoms with van der Waals surface area (Å²) in [7, 11) is -0.768. The molecule has 14 heavy (non-hydrogen) atoms. The van der Waals surface area contributed by atoms with Crippen molar-refractivity contribution in [2.24, 2.45) is 4.99 Å². The molecule has 1 rings (SSSR count). The van der Waals surface area contributed by atoms with Crippen LogP contribution in [0.15, 0.2) is 4.99 Å². The molecular weight excluding hydrogens is 216 g/mol. The summed E-state index contributed by atoms with van der Waals surface area (Å²) in [6, 6.07) is 0.525. The van der Waals surface area contributed by atoms with E-state index in [2.05, 4.69) is 17.2 Å². The molecule has 1 saturated heterocycles. The molecule has 5 heteroatoms. The van der Waals surface area contributed by atoms with E-state index in [1.165, 1.54) is 6.42 Å². The Balaban J connectivity index is 2.39. The maximum absolute atomic E-state index is 11.1. The highest BCUT2D eigenvalue weighted by Crippen LogP contribution is 2.13. The maximum Gasteiger partial charge on any atom is 0.156 e. The molecule has 0 aromatic rings. The van der Waals surface area contributed by atoms with Crippen LogP contribution in [0.4, 0.5) is 0 Å². The van der Waals surface area contributed by atoms with E-state index in [4.69, 9.17) is 0 Å². The first-order valence-electron chi connectivity index (χ1n) is 4.85. The van der Waals surface area contributed by atoms with Gasteiger partial charge in [-0.1, -0.05) is 11.8 Å². The number of hydrogen-bond acceptors (Lipinski definition) is 3. The van der Waals surface area contributed by atoms with Crippen LogP contribution >= 0.6 is 11.8 Å². The van der Waals surface area contributed by atoms with Gasteiger partial charge < -0.3 is 5.32 Å². The first kappa shape index (κ1) is 12.0. The summed E-state index contributed by atoms with van der Waals surface area (Å²) in [5.74, 6) is 1.14. The molecule has 1 fully saturated rings. The standard InChI is InChI=1S/C9H18N2OS2/c1-7-4-5-13-9(11-7)10-6-8(2)14(3)12/h7-8H,4-6H2,1-3H3,(H,10,11). The Kier molecular flexibility index (Phi) is 4.95. The maximum atomic E-state index is 11.1. The Morgan fingerprint density at radius 1 is 1.79 bits per heavy atom. The predicted octanol–water partition coefficient (Wildman–Crippen LogP) is 1.22. The topological polar surface area (TPSA) is 41.5 Å². The fourth-order valence-electron chi connectivity index (χ4n) is 1.06. The molecule has 0 amide bonds. The van der Waals surface area contributed by atoms with Crippen LogP contribution in [-0.4, -0.2) is 39.2 Å². The Labute approximate surface area is 92.6 Å². The van der Waals surface area contributed by atoms with Crippen LogP contribution in [0.5, 0.6) is 0 Å². The average molecular weight is 234 g/mol. The molecule has 0 radical (unpaired) electrons. The zero-order valence-electron chi connectivity index (χ0n) is 8.95. The van der Waals surface area contributed by atoms with Gasteiger partial charge in [0.05, 0.1) is 11.8 Å². The summed E-state index contributed by atoms with van der Waals surface area (Å²) >= 11 is 1.76. The van der Waals surface area contributed by atoms with Crippen molar-refractivity contribution in [3.05, 3.63) is 0 Å². The number of aliphatic imine (C=N–C) groups is 1. The molecule has 0 bridgehead atoms. The van der Waals surface area contributed by atoms with E-state index in [9.17, 15) is 4.21 Å². The molecule has 1 aliphatic rings. The van der Waals surface area contributed by atoms with Gasteiger partial charge in [-0.3, -0.25) is 9.20 Å². The Hall–Kier alpha value is -0.0300. The van der Waals surface area contributed by atoms with Crippen LogP contribution in [0.3, 0.4) is 0 Å². The van der Waals surface area contributed by atoms with E-state index in [0.717, 1.165) is 10.9 Å². The van der Waals surface area contributed by atoms with Crippen molar-refractivity contribution in [1.29, 1.82) is 0 Å². The van der Waals surface area contributed by atoms with Crippen LogP contribution in [0, 0.1) is 0 Å². The van der Waals surface area contributed by atoms with Crippen LogP contribution in [0.25, 0.3) is 0 Å². The number of hydrogen-bond donors (Lipinski definition) is 1. The molecule has 1 N–H and O–H groups in total. The summed E-state index contributed by atoms with van der Waals surface area (Å²) in [6.07, 6.45) is 2.92. The van der Waals surface area contributed by atoms with Gasteiger partial charge >= 0.3 is 0 Å². The summed E-state index contributed by atoms with van der Waals surface area (Å²) < 4.78 is 11.1. The quantitative estimate of drug-likeness (QED) is 0.798. The van der Waals surface area contributed by atoms with Gasteiger partial charge in [0.25, 0.3) is 0 Å². The third-order valence-electron chi connectivity index (χ3n) is 2.22.